The molecule has 10 heteroatoms. The molecule has 1 heterocycles. The van der Waals surface area contributed by atoms with E-state index in [4.69, 9.17) is 11.6 Å². The first kappa shape index (κ1) is 18.5. The van der Waals surface area contributed by atoms with Crippen molar-refractivity contribution in [2.45, 2.75) is 11.1 Å². The normalized spacial score (nSPS) is 17.4. The van der Waals surface area contributed by atoms with Gasteiger partial charge in [0.2, 0.25) is 10.0 Å². The molecule has 1 aromatic carbocycles. The summed E-state index contributed by atoms with van der Waals surface area (Å²) in [7, 11) is -4.10. The molecule has 23 heavy (non-hydrogen) atoms. The number of sulfonamides is 1. The molecule has 0 aliphatic carbocycles. The fourth-order valence-corrected chi connectivity index (χ4v) is 3.78. The van der Waals surface area contributed by atoms with Gasteiger partial charge < -0.3 is 5.32 Å². The molecule has 1 fully saturated rings. The summed E-state index contributed by atoms with van der Waals surface area (Å²) in [5.41, 5.74) is -1.05. The second-order valence-corrected chi connectivity index (χ2v) is 7.27. The second kappa shape index (κ2) is 7.35. The number of piperazine rings is 1. The van der Waals surface area contributed by atoms with Gasteiger partial charge >= 0.3 is 6.18 Å². The van der Waals surface area contributed by atoms with Gasteiger partial charge in [-0.2, -0.15) is 13.2 Å². The van der Waals surface area contributed by atoms with E-state index in [0.29, 0.717) is 12.6 Å². The van der Waals surface area contributed by atoms with Crippen LogP contribution in [0.1, 0.15) is 5.56 Å². The topological polar surface area (TPSA) is 61.4 Å². The van der Waals surface area contributed by atoms with E-state index in [1.165, 1.54) is 0 Å². The number of hydrogen-bond acceptors (Lipinski definition) is 4. The first-order valence-electron chi connectivity index (χ1n) is 6.99. The maximum atomic E-state index is 12.7. The quantitative estimate of drug-likeness (QED) is 0.824. The largest absolute Gasteiger partial charge is 0.416 e. The van der Waals surface area contributed by atoms with Crippen LogP contribution in [0.4, 0.5) is 13.2 Å². The zero-order chi connectivity index (χ0) is 17.1. The van der Waals surface area contributed by atoms with Crippen LogP contribution < -0.4 is 10.0 Å². The van der Waals surface area contributed by atoms with E-state index in [1.54, 1.807) is 0 Å². The van der Waals surface area contributed by atoms with E-state index in [1.807, 2.05) is 0 Å². The average molecular weight is 372 g/mol. The molecule has 1 saturated heterocycles. The number of nitrogens with one attached hydrogen (secondary N) is 2. The Bertz CT molecular complexity index is 646. The number of rotatable bonds is 5. The van der Waals surface area contributed by atoms with E-state index in [0.717, 1.165) is 38.3 Å². The molecule has 0 saturated carbocycles. The maximum Gasteiger partial charge on any atom is 0.416 e. The number of nitrogens with zero attached hydrogens (tertiary/aromatic N) is 1. The fraction of sp³-hybridized carbons (Fsp3) is 0.538. The predicted molar refractivity (Wildman–Crippen MR) is 81.0 cm³/mol. The van der Waals surface area contributed by atoms with Crippen LogP contribution in [0.3, 0.4) is 0 Å². The third-order valence-electron chi connectivity index (χ3n) is 3.48. The highest BCUT2D eigenvalue weighted by Gasteiger charge is 2.32. The number of halogens is 4. The molecule has 0 amide bonds. The molecule has 2 N–H and O–H groups in total. The zero-order valence-corrected chi connectivity index (χ0v) is 13.7. The van der Waals surface area contributed by atoms with Crippen molar-refractivity contribution in [3.63, 3.8) is 0 Å². The molecule has 0 aromatic heterocycles. The summed E-state index contributed by atoms with van der Waals surface area (Å²) in [6.45, 7) is 3.84. The standard InChI is InChI=1S/C13H17ClF3N3O2S/c14-11-2-1-10(13(15,16)17)9-12(11)23(21,22)19-5-8-20-6-3-18-4-7-20/h1-2,9,18-19H,3-8H2. The Morgan fingerprint density at radius 1 is 1.26 bits per heavy atom. The van der Waals surface area contributed by atoms with Crippen molar-refractivity contribution in [3.8, 4) is 0 Å². The van der Waals surface area contributed by atoms with Crippen molar-refractivity contribution in [3.05, 3.63) is 28.8 Å². The number of benzene rings is 1. The third-order valence-corrected chi connectivity index (χ3v) is 5.42. The Hall–Kier alpha value is -0.870. The van der Waals surface area contributed by atoms with E-state index in [2.05, 4.69) is 14.9 Å². The summed E-state index contributed by atoms with van der Waals surface area (Å²) in [5, 5.41) is 2.93. The summed E-state index contributed by atoms with van der Waals surface area (Å²) in [5.74, 6) is 0. The Kier molecular flexibility index (Phi) is 5.90. The van der Waals surface area contributed by atoms with Gasteiger partial charge in [-0.15, -0.1) is 0 Å². The van der Waals surface area contributed by atoms with Gasteiger partial charge in [-0.05, 0) is 18.2 Å². The van der Waals surface area contributed by atoms with Crippen LogP contribution in [0.15, 0.2) is 23.1 Å². The molecule has 1 aliphatic heterocycles. The van der Waals surface area contributed by atoms with Gasteiger partial charge in [0.05, 0.1) is 10.6 Å². The maximum absolute atomic E-state index is 12.7. The molecule has 5 nitrogen and oxygen atoms in total. The van der Waals surface area contributed by atoms with Gasteiger partial charge in [-0.1, -0.05) is 11.6 Å². The minimum Gasteiger partial charge on any atom is -0.314 e. The molecule has 0 radical (unpaired) electrons. The predicted octanol–water partition coefficient (Wildman–Crippen LogP) is 1.54. The SMILES string of the molecule is O=S(=O)(NCCN1CCNCC1)c1cc(C(F)(F)F)ccc1Cl. The highest BCUT2D eigenvalue weighted by atomic mass is 35.5. The van der Waals surface area contributed by atoms with Gasteiger partial charge in [-0.3, -0.25) is 4.90 Å². The van der Waals surface area contributed by atoms with Crippen LogP contribution in [-0.4, -0.2) is 52.6 Å². The van der Waals surface area contributed by atoms with Crippen molar-refractivity contribution >= 4 is 21.6 Å². The van der Waals surface area contributed by atoms with Gasteiger partial charge in [0.1, 0.15) is 4.90 Å². The summed E-state index contributed by atoms with van der Waals surface area (Å²) in [6.07, 6.45) is -4.63. The summed E-state index contributed by atoms with van der Waals surface area (Å²) in [6, 6.07) is 2.24. The molecular formula is C13H17ClF3N3O2S. The molecule has 0 unspecified atom stereocenters. The van der Waals surface area contributed by atoms with Gasteiger partial charge in [0, 0.05) is 39.3 Å². The number of hydrogen-bond donors (Lipinski definition) is 2. The highest BCUT2D eigenvalue weighted by molar-refractivity contribution is 7.89. The van der Waals surface area contributed by atoms with Crippen LogP contribution in [0.5, 0.6) is 0 Å². The molecular weight excluding hydrogens is 355 g/mol. The van der Waals surface area contributed by atoms with Crippen molar-refractivity contribution in [2.24, 2.45) is 0 Å². The smallest absolute Gasteiger partial charge is 0.314 e. The first-order valence-corrected chi connectivity index (χ1v) is 8.86. The van der Waals surface area contributed by atoms with Crippen molar-refractivity contribution in [1.82, 2.24) is 14.9 Å². The summed E-state index contributed by atoms with van der Waals surface area (Å²) in [4.78, 5) is 1.50. The second-order valence-electron chi connectivity index (χ2n) is 5.13. The van der Waals surface area contributed by atoms with Gasteiger partial charge in [0.15, 0.2) is 0 Å². The highest BCUT2D eigenvalue weighted by Crippen LogP contribution is 2.33. The van der Waals surface area contributed by atoms with Crippen LogP contribution in [0, 0.1) is 0 Å². The minimum atomic E-state index is -4.63. The van der Waals surface area contributed by atoms with Crippen molar-refractivity contribution in [1.29, 1.82) is 0 Å². The lowest BCUT2D eigenvalue weighted by atomic mass is 10.2. The molecule has 1 aliphatic rings. The van der Waals surface area contributed by atoms with Crippen LogP contribution in [0.25, 0.3) is 0 Å². The molecule has 0 spiro atoms. The fourth-order valence-electron chi connectivity index (χ4n) is 2.24. The minimum absolute atomic E-state index is 0.106. The monoisotopic (exact) mass is 371 g/mol. The molecule has 130 valence electrons. The molecule has 0 bridgehead atoms. The Morgan fingerprint density at radius 2 is 1.91 bits per heavy atom. The van der Waals surface area contributed by atoms with E-state index < -0.39 is 26.7 Å². The van der Waals surface area contributed by atoms with Crippen LogP contribution >= 0.6 is 11.6 Å². The first-order chi connectivity index (χ1) is 10.7. The summed E-state index contributed by atoms with van der Waals surface area (Å²) < 4.78 is 64.8. The van der Waals surface area contributed by atoms with E-state index in [-0.39, 0.29) is 11.6 Å². The Balaban J connectivity index is 2.06. The number of alkyl halides is 3. The van der Waals surface area contributed by atoms with Crippen LogP contribution in [-0.2, 0) is 16.2 Å². The van der Waals surface area contributed by atoms with Crippen molar-refractivity contribution in [2.75, 3.05) is 39.3 Å². The van der Waals surface area contributed by atoms with E-state index in [9.17, 15) is 21.6 Å². The van der Waals surface area contributed by atoms with E-state index >= 15 is 0 Å². The zero-order valence-electron chi connectivity index (χ0n) is 12.2. The van der Waals surface area contributed by atoms with Crippen molar-refractivity contribution < 1.29 is 21.6 Å². The summed E-state index contributed by atoms with van der Waals surface area (Å²) >= 11 is 5.75. The Morgan fingerprint density at radius 3 is 2.52 bits per heavy atom. The molecule has 2 rings (SSSR count). The lowest BCUT2D eigenvalue weighted by Crippen LogP contribution is -2.46. The Labute approximate surface area is 137 Å². The lowest BCUT2D eigenvalue weighted by molar-refractivity contribution is -0.137. The van der Waals surface area contributed by atoms with Gasteiger partial charge in [-0.25, -0.2) is 13.1 Å². The molecule has 1 aromatic rings. The van der Waals surface area contributed by atoms with Crippen LogP contribution in [0.2, 0.25) is 5.02 Å². The average Bonchev–Trinajstić information content (AvgIpc) is 2.47. The molecule has 0 atom stereocenters. The third kappa shape index (κ3) is 5.05. The van der Waals surface area contributed by atoms with Gasteiger partial charge in [0.25, 0.3) is 0 Å². The lowest BCUT2D eigenvalue weighted by Gasteiger charge is -2.27.